The molecule has 0 atom stereocenters. The maximum absolute atomic E-state index is 5.96. The Kier molecular flexibility index (Phi) is 2.86. The van der Waals surface area contributed by atoms with Crippen molar-refractivity contribution >= 4 is 28.2 Å². The van der Waals surface area contributed by atoms with Crippen LogP contribution in [0, 0.1) is 0 Å². The minimum atomic E-state index is 0.695. The van der Waals surface area contributed by atoms with Gasteiger partial charge in [-0.05, 0) is 24.3 Å². The van der Waals surface area contributed by atoms with Crippen LogP contribution in [0.25, 0.3) is 10.9 Å². The van der Waals surface area contributed by atoms with Crippen LogP contribution in [0.15, 0.2) is 43.0 Å². The average Bonchev–Trinajstić information content (AvgIpc) is 2.89. The SMILES string of the molecule is Clc1ccc2c(NCc3cnc[nH]3)ccnc2c1. The number of aromatic nitrogens is 3. The highest BCUT2D eigenvalue weighted by molar-refractivity contribution is 6.31. The van der Waals surface area contributed by atoms with Gasteiger partial charge in [0.1, 0.15) is 0 Å². The summed E-state index contributed by atoms with van der Waals surface area (Å²) in [6.45, 7) is 0.696. The van der Waals surface area contributed by atoms with Gasteiger partial charge in [0.05, 0.1) is 24.1 Å². The molecule has 0 fully saturated rings. The largest absolute Gasteiger partial charge is 0.379 e. The van der Waals surface area contributed by atoms with E-state index in [1.54, 1.807) is 18.7 Å². The topological polar surface area (TPSA) is 53.6 Å². The molecule has 90 valence electrons. The third-order valence-corrected chi connectivity index (χ3v) is 2.96. The fraction of sp³-hybridized carbons (Fsp3) is 0.0769. The molecule has 0 saturated heterocycles. The Morgan fingerprint density at radius 1 is 1.28 bits per heavy atom. The summed E-state index contributed by atoms with van der Waals surface area (Å²) in [5.41, 5.74) is 2.96. The van der Waals surface area contributed by atoms with Crippen LogP contribution < -0.4 is 5.32 Å². The smallest absolute Gasteiger partial charge is 0.0922 e. The Morgan fingerprint density at radius 2 is 2.22 bits per heavy atom. The maximum atomic E-state index is 5.96. The Hall–Kier alpha value is -2.07. The van der Waals surface area contributed by atoms with Crippen LogP contribution in [-0.2, 0) is 6.54 Å². The number of anilines is 1. The number of aromatic amines is 1. The minimum absolute atomic E-state index is 0.695. The van der Waals surface area contributed by atoms with Crippen molar-refractivity contribution < 1.29 is 0 Å². The molecular weight excluding hydrogens is 248 g/mol. The van der Waals surface area contributed by atoms with E-state index in [0.29, 0.717) is 11.6 Å². The number of fused-ring (bicyclic) bond motifs is 1. The number of nitrogens with one attached hydrogen (secondary N) is 2. The molecule has 0 bridgehead atoms. The van der Waals surface area contributed by atoms with E-state index in [1.165, 1.54) is 0 Å². The molecule has 18 heavy (non-hydrogen) atoms. The van der Waals surface area contributed by atoms with Gasteiger partial charge in [-0.1, -0.05) is 11.6 Å². The number of halogens is 1. The molecule has 0 aliphatic heterocycles. The first-order valence-corrected chi connectivity index (χ1v) is 5.96. The lowest BCUT2D eigenvalue weighted by Crippen LogP contribution is -2.00. The summed E-state index contributed by atoms with van der Waals surface area (Å²) in [7, 11) is 0. The summed E-state index contributed by atoms with van der Waals surface area (Å²) in [6.07, 6.45) is 5.24. The van der Waals surface area contributed by atoms with Crippen LogP contribution >= 0.6 is 11.6 Å². The lowest BCUT2D eigenvalue weighted by atomic mass is 10.2. The maximum Gasteiger partial charge on any atom is 0.0922 e. The van der Waals surface area contributed by atoms with Gasteiger partial charge in [-0.15, -0.1) is 0 Å². The van der Waals surface area contributed by atoms with Crippen molar-refractivity contribution in [2.24, 2.45) is 0 Å². The van der Waals surface area contributed by atoms with Gasteiger partial charge in [0.2, 0.25) is 0 Å². The number of benzene rings is 1. The van der Waals surface area contributed by atoms with Gasteiger partial charge < -0.3 is 10.3 Å². The summed E-state index contributed by atoms with van der Waals surface area (Å²) in [5.74, 6) is 0. The zero-order valence-corrected chi connectivity index (χ0v) is 10.3. The summed E-state index contributed by atoms with van der Waals surface area (Å²) in [6, 6.07) is 7.65. The predicted molar refractivity (Wildman–Crippen MR) is 72.7 cm³/mol. The van der Waals surface area contributed by atoms with Crippen LogP contribution in [0.1, 0.15) is 5.69 Å². The Bertz CT molecular complexity index is 664. The molecule has 0 aliphatic rings. The second-order valence-electron chi connectivity index (χ2n) is 3.95. The van der Waals surface area contributed by atoms with Crippen molar-refractivity contribution in [3.05, 3.63) is 53.7 Å². The van der Waals surface area contributed by atoms with E-state index in [2.05, 4.69) is 20.3 Å². The molecule has 0 spiro atoms. The summed E-state index contributed by atoms with van der Waals surface area (Å²) in [4.78, 5) is 11.3. The second-order valence-corrected chi connectivity index (χ2v) is 4.39. The lowest BCUT2D eigenvalue weighted by Gasteiger charge is -2.08. The molecule has 5 heteroatoms. The third kappa shape index (κ3) is 2.15. The molecule has 2 heterocycles. The molecular formula is C13H11ClN4. The fourth-order valence-electron chi connectivity index (χ4n) is 1.85. The predicted octanol–water partition coefficient (Wildman–Crippen LogP) is 3.22. The Labute approximate surface area is 109 Å². The molecule has 2 aromatic heterocycles. The highest BCUT2D eigenvalue weighted by atomic mass is 35.5. The number of rotatable bonds is 3. The second kappa shape index (κ2) is 4.66. The first kappa shape index (κ1) is 11.0. The normalized spacial score (nSPS) is 10.7. The number of imidazole rings is 1. The molecule has 0 unspecified atom stereocenters. The molecule has 0 aliphatic carbocycles. The number of nitrogens with zero attached hydrogens (tertiary/aromatic N) is 2. The first-order valence-electron chi connectivity index (χ1n) is 5.58. The Balaban J connectivity index is 1.92. The number of H-pyrrole nitrogens is 1. The quantitative estimate of drug-likeness (QED) is 0.758. The van der Waals surface area contributed by atoms with Crippen LogP contribution in [0.5, 0.6) is 0 Å². The van der Waals surface area contributed by atoms with Crippen molar-refractivity contribution in [2.75, 3.05) is 5.32 Å². The van der Waals surface area contributed by atoms with Crippen molar-refractivity contribution in [3.63, 3.8) is 0 Å². The van der Waals surface area contributed by atoms with Crippen molar-refractivity contribution in [1.29, 1.82) is 0 Å². The number of pyridine rings is 1. The highest BCUT2D eigenvalue weighted by Gasteiger charge is 2.02. The third-order valence-electron chi connectivity index (χ3n) is 2.73. The van der Waals surface area contributed by atoms with Crippen LogP contribution in [0.4, 0.5) is 5.69 Å². The molecule has 4 nitrogen and oxygen atoms in total. The molecule has 3 aromatic rings. The van der Waals surface area contributed by atoms with Gasteiger partial charge in [-0.3, -0.25) is 4.98 Å². The van der Waals surface area contributed by atoms with Gasteiger partial charge in [-0.2, -0.15) is 0 Å². The monoisotopic (exact) mass is 258 g/mol. The van der Waals surface area contributed by atoms with E-state index in [-0.39, 0.29) is 0 Å². The van der Waals surface area contributed by atoms with E-state index < -0.39 is 0 Å². The van der Waals surface area contributed by atoms with Crippen molar-refractivity contribution in [2.45, 2.75) is 6.54 Å². The number of hydrogen-bond acceptors (Lipinski definition) is 3. The van der Waals surface area contributed by atoms with E-state index in [1.807, 2.05) is 24.3 Å². The lowest BCUT2D eigenvalue weighted by molar-refractivity contribution is 1.08. The summed E-state index contributed by atoms with van der Waals surface area (Å²) in [5, 5.41) is 5.11. The van der Waals surface area contributed by atoms with Crippen LogP contribution in [0.2, 0.25) is 5.02 Å². The van der Waals surface area contributed by atoms with Crippen molar-refractivity contribution in [3.8, 4) is 0 Å². The van der Waals surface area contributed by atoms with E-state index in [9.17, 15) is 0 Å². The molecule has 2 N–H and O–H groups in total. The first-order chi connectivity index (χ1) is 8.83. The standard InChI is InChI=1S/C13H11ClN4/c14-9-1-2-11-12(3-4-16-13(11)5-9)17-7-10-6-15-8-18-10/h1-6,8H,7H2,(H,15,18)(H,16,17). The van der Waals surface area contributed by atoms with Gasteiger partial charge in [0.25, 0.3) is 0 Å². The van der Waals surface area contributed by atoms with E-state index in [4.69, 9.17) is 11.6 Å². The highest BCUT2D eigenvalue weighted by Crippen LogP contribution is 2.24. The van der Waals surface area contributed by atoms with Gasteiger partial charge in [-0.25, -0.2) is 4.98 Å². The average molecular weight is 259 g/mol. The fourth-order valence-corrected chi connectivity index (χ4v) is 2.01. The molecule has 1 aromatic carbocycles. The molecule has 0 amide bonds. The zero-order valence-electron chi connectivity index (χ0n) is 9.52. The minimum Gasteiger partial charge on any atom is -0.379 e. The molecule has 0 radical (unpaired) electrons. The van der Waals surface area contributed by atoms with Gasteiger partial charge >= 0.3 is 0 Å². The van der Waals surface area contributed by atoms with Gasteiger partial charge in [0, 0.05) is 28.5 Å². The van der Waals surface area contributed by atoms with E-state index >= 15 is 0 Å². The van der Waals surface area contributed by atoms with Crippen molar-refractivity contribution in [1.82, 2.24) is 15.0 Å². The van der Waals surface area contributed by atoms with Gasteiger partial charge in [0.15, 0.2) is 0 Å². The van der Waals surface area contributed by atoms with Crippen LogP contribution in [0.3, 0.4) is 0 Å². The molecule has 0 saturated carbocycles. The zero-order chi connectivity index (χ0) is 12.4. The van der Waals surface area contributed by atoms with Crippen LogP contribution in [-0.4, -0.2) is 15.0 Å². The Morgan fingerprint density at radius 3 is 3.06 bits per heavy atom. The molecule has 3 rings (SSSR count). The summed E-state index contributed by atoms with van der Waals surface area (Å²) >= 11 is 5.96. The van der Waals surface area contributed by atoms with E-state index in [0.717, 1.165) is 22.3 Å². The number of hydrogen-bond donors (Lipinski definition) is 2. The summed E-state index contributed by atoms with van der Waals surface area (Å²) < 4.78 is 0.